The third-order valence-electron chi connectivity index (χ3n) is 4.18. The molecule has 1 fully saturated rings. The lowest BCUT2D eigenvalue weighted by Crippen LogP contribution is -2.62. The molecule has 3 nitrogen and oxygen atoms in total. The summed E-state index contributed by atoms with van der Waals surface area (Å²) in [5, 5.41) is 0. The molecule has 0 aliphatic carbocycles. The van der Waals surface area contributed by atoms with Crippen LogP contribution in [0.2, 0.25) is 0 Å². The minimum atomic E-state index is 0.167. The molecule has 0 spiro atoms. The van der Waals surface area contributed by atoms with Crippen LogP contribution in [0.15, 0.2) is 28.7 Å². The zero-order valence-electron chi connectivity index (χ0n) is 12.1. The number of anilines is 1. The van der Waals surface area contributed by atoms with Gasteiger partial charge in [0, 0.05) is 34.8 Å². The molecule has 0 saturated carbocycles. The highest BCUT2D eigenvalue weighted by molar-refractivity contribution is 9.10. The van der Waals surface area contributed by atoms with E-state index >= 15 is 0 Å². The summed E-state index contributed by atoms with van der Waals surface area (Å²) in [6.45, 7) is 7.45. The van der Waals surface area contributed by atoms with Crippen molar-refractivity contribution in [2.24, 2.45) is 5.73 Å². The lowest BCUT2D eigenvalue weighted by Gasteiger charge is -2.51. The quantitative estimate of drug-likeness (QED) is 0.927. The number of likely N-dealkylation sites (N-methyl/N-ethyl adjacent to an activating group) is 1. The monoisotopic (exact) mass is 325 g/mol. The number of halogens is 1. The van der Waals surface area contributed by atoms with E-state index in [0.29, 0.717) is 6.04 Å². The molecule has 1 atom stereocenters. The van der Waals surface area contributed by atoms with Crippen LogP contribution in [0.25, 0.3) is 0 Å². The van der Waals surface area contributed by atoms with Crippen molar-refractivity contribution in [3.8, 4) is 0 Å². The number of hydrogen-bond acceptors (Lipinski definition) is 3. The second-order valence-corrected chi connectivity index (χ2v) is 6.93. The van der Waals surface area contributed by atoms with Gasteiger partial charge in [-0.1, -0.05) is 22.0 Å². The van der Waals surface area contributed by atoms with E-state index in [9.17, 15) is 0 Å². The van der Waals surface area contributed by atoms with Gasteiger partial charge >= 0.3 is 0 Å². The summed E-state index contributed by atoms with van der Waals surface area (Å²) in [5.41, 5.74) is 7.22. The van der Waals surface area contributed by atoms with Crippen molar-refractivity contribution in [3.63, 3.8) is 0 Å². The van der Waals surface area contributed by atoms with Crippen LogP contribution in [-0.4, -0.2) is 43.2 Å². The Balaban J connectivity index is 2.22. The topological polar surface area (TPSA) is 32.5 Å². The fraction of sp³-hybridized carbons (Fsp3) is 0.600. The Kier molecular flexibility index (Phi) is 4.54. The first-order valence-corrected chi connectivity index (χ1v) is 7.67. The maximum Gasteiger partial charge on any atom is 0.0378 e. The molecule has 1 aliphatic rings. The van der Waals surface area contributed by atoms with Crippen LogP contribution >= 0.6 is 15.9 Å². The highest BCUT2D eigenvalue weighted by Gasteiger charge is 2.37. The van der Waals surface area contributed by atoms with Crippen LogP contribution in [0, 0.1) is 0 Å². The van der Waals surface area contributed by atoms with Gasteiger partial charge in [0.15, 0.2) is 0 Å². The van der Waals surface area contributed by atoms with E-state index in [1.165, 1.54) is 5.69 Å². The van der Waals surface area contributed by atoms with Crippen LogP contribution in [0.3, 0.4) is 0 Å². The number of piperazine rings is 1. The van der Waals surface area contributed by atoms with E-state index in [1.54, 1.807) is 0 Å². The molecule has 1 saturated heterocycles. The first-order valence-electron chi connectivity index (χ1n) is 6.87. The normalized spacial score (nSPS) is 23.6. The number of nitrogens with two attached hydrogens (primary N) is 1. The van der Waals surface area contributed by atoms with Gasteiger partial charge in [0.05, 0.1) is 0 Å². The van der Waals surface area contributed by atoms with Crippen molar-refractivity contribution in [3.05, 3.63) is 28.7 Å². The van der Waals surface area contributed by atoms with E-state index < -0.39 is 0 Å². The number of nitrogens with zero attached hydrogens (tertiary/aromatic N) is 2. The van der Waals surface area contributed by atoms with E-state index in [0.717, 1.165) is 30.5 Å². The molecule has 0 bridgehead atoms. The van der Waals surface area contributed by atoms with Crippen LogP contribution < -0.4 is 10.6 Å². The Hall–Kier alpha value is -0.580. The number of benzene rings is 1. The first kappa shape index (κ1) is 14.8. The van der Waals surface area contributed by atoms with Crippen molar-refractivity contribution in [1.82, 2.24) is 4.90 Å². The van der Waals surface area contributed by atoms with Gasteiger partial charge in [0.2, 0.25) is 0 Å². The highest BCUT2D eigenvalue weighted by atomic mass is 79.9. The van der Waals surface area contributed by atoms with E-state index in [1.807, 2.05) is 0 Å². The molecule has 106 valence electrons. The molecule has 19 heavy (non-hydrogen) atoms. The molecular formula is C15H24BrN3. The maximum atomic E-state index is 5.77. The molecule has 4 heteroatoms. The summed E-state index contributed by atoms with van der Waals surface area (Å²) in [5.74, 6) is 0. The van der Waals surface area contributed by atoms with Gasteiger partial charge in [-0.05, 0) is 52.1 Å². The van der Waals surface area contributed by atoms with Crippen molar-refractivity contribution >= 4 is 21.6 Å². The average Bonchev–Trinajstić information content (AvgIpc) is 2.35. The maximum absolute atomic E-state index is 5.77. The first-order chi connectivity index (χ1) is 8.94. The van der Waals surface area contributed by atoms with Gasteiger partial charge in [0.25, 0.3) is 0 Å². The van der Waals surface area contributed by atoms with E-state index in [-0.39, 0.29) is 5.54 Å². The fourth-order valence-corrected chi connectivity index (χ4v) is 3.25. The highest BCUT2D eigenvalue weighted by Crippen LogP contribution is 2.29. The second kappa shape index (κ2) is 5.81. The summed E-state index contributed by atoms with van der Waals surface area (Å²) in [4.78, 5) is 4.96. The Morgan fingerprint density at radius 1 is 1.42 bits per heavy atom. The Morgan fingerprint density at radius 3 is 2.79 bits per heavy atom. The summed E-state index contributed by atoms with van der Waals surface area (Å²) in [6, 6.07) is 9.07. The van der Waals surface area contributed by atoms with Crippen LogP contribution in [0.5, 0.6) is 0 Å². The summed E-state index contributed by atoms with van der Waals surface area (Å²) < 4.78 is 1.14. The van der Waals surface area contributed by atoms with Gasteiger partial charge in [0.1, 0.15) is 0 Å². The predicted octanol–water partition coefficient (Wildman–Crippen LogP) is 2.70. The van der Waals surface area contributed by atoms with Gasteiger partial charge in [-0.2, -0.15) is 0 Å². The number of hydrogen-bond donors (Lipinski definition) is 1. The van der Waals surface area contributed by atoms with E-state index in [4.69, 9.17) is 5.73 Å². The largest absolute Gasteiger partial charge is 0.368 e. The summed E-state index contributed by atoms with van der Waals surface area (Å²) in [7, 11) is 2.22. The van der Waals surface area contributed by atoms with Crippen LogP contribution in [0.4, 0.5) is 5.69 Å². The van der Waals surface area contributed by atoms with Crippen LogP contribution in [-0.2, 0) is 0 Å². The summed E-state index contributed by atoms with van der Waals surface area (Å²) >= 11 is 3.56. The standard InChI is InChI=1S/C15H24BrN3/c1-15(2)11-19(10-14(7-8-17)18(15)3)13-6-4-5-12(16)9-13/h4-6,9,14H,7-8,10-11,17H2,1-3H3. The van der Waals surface area contributed by atoms with Crippen molar-refractivity contribution < 1.29 is 0 Å². The molecular weight excluding hydrogens is 302 g/mol. The zero-order chi connectivity index (χ0) is 14.0. The third kappa shape index (κ3) is 3.30. The van der Waals surface area contributed by atoms with Crippen molar-refractivity contribution in [2.75, 3.05) is 31.6 Å². The molecule has 1 aromatic carbocycles. The Morgan fingerprint density at radius 2 is 2.16 bits per heavy atom. The molecule has 1 heterocycles. The molecule has 1 unspecified atom stereocenters. The second-order valence-electron chi connectivity index (χ2n) is 6.01. The molecule has 0 aromatic heterocycles. The van der Waals surface area contributed by atoms with Crippen LogP contribution in [0.1, 0.15) is 20.3 Å². The zero-order valence-corrected chi connectivity index (χ0v) is 13.7. The molecule has 2 N–H and O–H groups in total. The third-order valence-corrected chi connectivity index (χ3v) is 4.68. The van der Waals surface area contributed by atoms with E-state index in [2.05, 4.69) is 70.9 Å². The van der Waals surface area contributed by atoms with Gasteiger partial charge in [-0.25, -0.2) is 0 Å². The molecule has 0 amide bonds. The average molecular weight is 326 g/mol. The van der Waals surface area contributed by atoms with Crippen molar-refractivity contribution in [2.45, 2.75) is 31.8 Å². The SMILES string of the molecule is CN1C(CCN)CN(c2cccc(Br)c2)CC1(C)C. The lowest BCUT2D eigenvalue weighted by molar-refractivity contribution is 0.0770. The summed E-state index contributed by atoms with van der Waals surface area (Å²) in [6.07, 6.45) is 1.05. The Bertz CT molecular complexity index is 433. The lowest BCUT2D eigenvalue weighted by atomic mass is 9.94. The molecule has 2 rings (SSSR count). The van der Waals surface area contributed by atoms with Gasteiger partial charge in [-0.15, -0.1) is 0 Å². The minimum absolute atomic E-state index is 0.167. The fourth-order valence-electron chi connectivity index (χ4n) is 2.86. The predicted molar refractivity (Wildman–Crippen MR) is 85.7 cm³/mol. The smallest absolute Gasteiger partial charge is 0.0378 e. The van der Waals surface area contributed by atoms with Gasteiger partial charge in [-0.3, -0.25) is 4.90 Å². The van der Waals surface area contributed by atoms with Crippen molar-refractivity contribution in [1.29, 1.82) is 0 Å². The molecule has 1 aliphatic heterocycles. The molecule has 0 radical (unpaired) electrons. The van der Waals surface area contributed by atoms with Gasteiger partial charge < -0.3 is 10.6 Å². The Labute approximate surface area is 124 Å². The number of rotatable bonds is 3. The minimum Gasteiger partial charge on any atom is -0.368 e. The molecule has 1 aromatic rings.